The van der Waals surface area contributed by atoms with Gasteiger partial charge < -0.3 is 11.8 Å². The summed E-state index contributed by atoms with van der Waals surface area (Å²) in [4.78, 5) is 11.4. The van der Waals surface area contributed by atoms with Crippen molar-refractivity contribution >= 4 is 5.97 Å². The fourth-order valence-corrected chi connectivity index (χ4v) is 3.69. The SMILES string of the molecule is CCCCCCCCCCCCCCCCN[C@@H](Cc1ccccc1)C(=O)O.[H-].[Na+]. The molecule has 1 aromatic carbocycles. The van der Waals surface area contributed by atoms with Crippen molar-refractivity contribution in [3.63, 3.8) is 0 Å². The van der Waals surface area contributed by atoms with E-state index in [1.807, 2.05) is 30.3 Å². The van der Waals surface area contributed by atoms with Crippen molar-refractivity contribution in [3.05, 3.63) is 35.9 Å². The quantitative estimate of drug-likeness (QED) is 0.267. The minimum Gasteiger partial charge on any atom is -1.00 e. The molecule has 3 nitrogen and oxygen atoms in total. The number of hydrogen-bond donors (Lipinski definition) is 2. The molecule has 162 valence electrons. The van der Waals surface area contributed by atoms with Crippen LogP contribution in [0.25, 0.3) is 0 Å². The Morgan fingerprint density at radius 3 is 1.72 bits per heavy atom. The van der Waals surface area contributed by atoms with Crippen LogP contribution in [0.2, 0.25) is 0 Å². The smallest absolute Gasteiger partial charge is 1.00 e. The van der Waals surface area contributed by atoms with Crippen molar-refractivity contribution in [1.82, 2.24) is 5.32 Å². The van der Waals surface area contributed by atoms with Gasteiger partial charge in [0.15, 0.2) is 0 Å². The molecule has 0 amide bonds. The van der Waals surface area contributed by atoms with Crippen LogP contribution in [0.1, 0.15) is 104 Å². The van der Waals surface area contributed by atoms with E-state index in [-0.39, 0.29) is 31.0 Å². The van der Waals surface area contributed by atoms with E-state index in [2.05, 4.69) is 12.2 Å². The molecule has 0 spiro atoms. The van der Waals surface area contributed by atoms with Crippen LogP contribution < -0.4 is 34.9 Å². The second kappa shape index (κ2) is 20.9. The summed E-state index contributed by atoms with van der Waals surface area (Å²) in [6.45, 7) is 3.07. The van der Waals surface area contributed by atoms with Crippen molar-refractivity contribution in [2.45, 2.75) is 109 Å². The third kappa shape index (κ3) is 17.1. The Morgan fingerprint density at radius 2 is 1.28 bits per heavy atom. The molecule has 0 radical (unpaired) electrons. The molecule has 29 heavy (non-hydrogen) atoms. The Morgan fingerprint density at radius 1 is 0.828 bits per heavy atom. The van der Waals surface area contributed by atoms with Crippen LogP contribution in [0.3, 0.4) is 0 Å². The summed E-state index contributed by atoms with van der Waals surface area (Å²) in [5.74, 6) is -0.755. The summed E-state index contributed by atoms with van der Waals surface area (Å²) in [5, 5.41) is 12.6. The molecule has 0 aliphatic carbocycles. The van der Waals surface area contributed by atoms with Crippen LogP contribution in [0.5, 0.6) is 0 Å². The van der Waals surface area contributed by atoms with Gasteiger partial charge in [-0.3, -0.25) is 4.79 Å². The number of unbranched alkanes of at least 4 members (excludes halogenated alkanes) is 13. The zero-order valence-corrected chi connectivity index (χ0v) is 21.1. The molecule has 1 atom stereocenters. The van der Waals surface area contributed by atoms with Crippen LogP contribution in [-0.4, -0.2) is 23.7 Å². The topological polar surface area (TPSA) is 49.3 Å². The van der Waals surface area contributed by atoms with Gasteiger partial charge in [0.25, 0.3) is 0 Å². The zero-order chi connectivity index (χ0) is 20.3. The number of aliphatic carboxylic acids is 1. The summed E-state index contributed by atoms with van der Waals surface area (Å²) in [5.41, 5.74) is 1.07. The zero-order valence-electron chi connectivity index (χ0n) is 20.1. The number of benzene rings is 1. The van der Waals surface area contributed by atoms with E-state index in [9.17, 15) is 9.90 Å². The third-order valence-corrected chi connectivity index (χ3v) is 5.50. The molecule has 0 saturated heterocycles. The van der Waals surface area contributed by atoms with E-state index in [0.717, 1.165) is 18.5 Å². The molecule has 4 heteroatoms. The van der Waals surface area contributed by atoms with Gasteiger partial charge in [0.05, 0.1) is 0 Å². The maximum Gasteiger partial charge on any atom is 1.00 e. The van der Waals surface area contributed by atoms with Gasteiger partial charge in [0.1, 0.15) is 6.04 Å². The number of hydrogen-bond acceptors (Lipinski definition) is 2. The monoisotopic (exact) mass is 413 g/mol. The number of carbonyl (C=O) groups is 1. The average Bonchev–Trinajstić information content (AvgIpc) is 2.70. The third-order valence-electron chi connectivity index (χ3n) is 5.50. The average molecular weight is 414 g/mol. The van der Waals surface area contributed by atoms with Crippen LogP contribution >= 0.6 is 0 Å². The van der Waals surface area contributed by atoms with Gasteiger partial charge in [-0.2, -0.15) is 0 Å². The molecule has 2 N–H and O–H groups in total. The first-order valence-corrected chi connectivity index (χ1v) is 11.7. The van der Waals surface area contributed by atoms with Gasteiger partial charge in [0.2, 0.25) is 0 Å². The van der Waals surface area contributed by atoms with Crippen molar-refractivity contribution in [3.8, 4) is 0 Å². The Balaban J connectivity index is 0. The standard InChI is InChI=1S/C25H43NO2.Na.H/c1-2-3-4-5-6-7-8-9-10-11-12-13-14-18-21-26-24(25(27)28)22-23-19-16-15-17-20-23;;/h15-17,19-20,24,26H,2-14,18,21-22H2,1H3,(H,27,28);;/q;+1;-1/t24-;;/m0../s1. The fourth-order valence-electron chi connectivity index (χ4n) is 3.69. The van der Waals surface area contributed by atoms with Crippen LogP contribution in [-0.2, 0) is 11.2 Å². The minimum atomic E-state index is -0.755. The van der Waals surface area contributed by atoms with E-state index in [0.29, 0.717) is 6.42 Å². The molecule has 1 aromatic rings. The summed E-state index contributed by atoms with van der Waals surface area (Å²) in [6.07, 6.45) is 19.4. The first-order valence-electron chi connectivity index (χ1n) is 11.7. The maximum atomic E-state index is 11.4. The van der Waals surface area contributed by atoms with E-state index in [1.165, 1.54) is 83.5 Å². The summed E-state index contributed by atoms with van der Waals surface area (Å²) in [7, 11) is 0. The van der Waals surface area contributed by atoms with Gasteiger partial charge in [0, 0.05) is 0 Å². The number of nitrogens with one attached hydrogen (secondary N) is 1. The van der Waals surface area contributed by atoms with Gasteiger partial charge in [-0.05, 0) is 24.9 Å². The van der Waals surface area contributed by atoms with Crippen molar-refractivity contribution in [2.75, 3.05) is 6.54 Å². The second-order valence-corrected chi connectivity index (χ2v) is 8.13. The molecule has 0 fully saturated rings. The second-order valence-electron chi connectivity index (χ2n) is 8.13. The first kappa shape index (κ1) is 28.6. The Hall–Kier alpha value is -0.350. The minimum absolute atomic E-state index is 0. The van der Waals surface area contributed by atoms with Crippen molar-refractivity contribution < 1.29 is 40.9 Å². The maximum absolute atomic E-state index is 11.4. The van der Waals surface area contributed by atoms with Crippen molar-refractivity contribution in [1.29, 1.82) is 0 Å². The number of carboxylic acid groups (broad SMARTS) is 1. The molecule has 0 saturated carbocycles. The van der Waals surface area contributed by atoms with Crippen LogP contribution in [0.15, 0.2) is 30.3 Å². The Labute approximate surface area is 203 Å². The van der Waals surface area contributed by atoms with Gasteiger partial charge >= 0.3 is 35.5 Å². The van der Waals surface area contributed by atoms with Crippen LogP contribution in [0.4, 0.5) is 0 Å². The van der Waals surface area contributed by atoms with E-state index >= 15 is 0 Å². The molecule has 0 aliphatic heterocycles. The predicted octanol–water partition coefficient (Wildman–Crippen LogP) is 3.87. The molecule has 0 bridgehead atoms. The summed E-state index contributed by atoms with van der Waals surface area (Å²) in [6, 6.07) is 9.38. The molecular weight excluding hydrogens is 369 g/mol. The van der Waals surface area contributed by atoms with Gasteiger partial charge in [-0.15, -0.1) is 0 Å². The molecular formula is C25H44NNaO2. The number of rotatable bonds is 19. The molecule has 0 aliphatic rings. The normalized spacial score (nSPS) is 11.8. The van der Waals surface area contributed by atoms with Crippen molar-refractivity contribution in [2.24, 2.45) is 0 Å². The number of carboxylic acids is 1. The Kier molecular flexibility index (Phi) is 20.7. The molecule has 0 heterocycles. The molecule has 1 rings (SSSR count). The van der Waals surface area contributed by atoms with Crippen LogP contribution in [0, 0.1) is 0 Å². The Bertz CT molecular complexity index is 487. The van der Waals surface area contributed by atoms with Gasteiger partial charge in [-0.25, -0.2) is 0 Å². The van der Waals surface area contributed by atoms with E-state index < -0.39 is 12.0 Å². The van der Waals surface area contributed by atoms with E-state index in [4.69, 9.17) is 0 Å². The molecule has 0 unspecified atom stereocenters. The van der Waals surface area contributed by atoms with Gasteiger partial charge in [-0.1, -0.05) is 121 Å². The summed E-state index contributed by atoms with van der Waals surface area (Å²) >= 11 is 0. The fraction of sp³-hybridized carbons (Fsp3) is 0.720. The first-order chi connectivity index (χ1) is 13.7. The van der Waals surface area contributed by atoms with E-state index in [1.54, 1.807) is 0 Å². The predicted molar refractivity (Wildman–Crippen MR) is 121 cm³/mol. The molecule has 0 aromatic heterocycles. The summed E-state index contributed by atoms with van der Waals surface area (Å²) < 4.78 is 0. The largest absolute Gasteiger partial charge is 1.00 e.